The molecule has 13 heteroatoms. The summed E-state index contributed by atoms with van der Waals surface area (Å²) in [4.78, 5) is 66.7. The molecule has 260 valence electrons. The van der Waals surface area contributed by atoms with Crippen LogP contribution in [0, 0.1) is 5.92 Å². The molecule has 48 heavy (non-hydrogen) atoms. The van der Waals surface area contributed by atoms with Crippen molar-refractivity contribution in [2.45, 2.75) is 95.8 Å². The molecule has 5 rings (SSSR count). The molecule has 2 aromatic carbocycles. The highest BCUT2D eigenvalue weighted by Gasteiger charge is 2.34. The van der Waals surface area contributed by atoms with Crippen LogP contribution in [-0.4, -0.2) is 90.3 Å². The van der Waals surface area contributed by atoms with Gasteiger partial charge < -0.3 is 41.2 Å². The molecule has 1 saturated heterocycles. The van der Waals surface area contributed by atoms with Gasteiger partial charge in [-0.05, 0) is 62.3 Å². The van der Waals surface area contributed by atoms with Crippen LogP contribution in [0.4, 0.5) is 0 Å². The first-order valence-corrected chi connectivity index (χ1v) is 16.5. The van der Waals surface area contributed by atoms with Gasteiger partial charge in [0.25, 0.3) is 0 Å². The third-order valence-electron chi connectivity index (χ3n) is 8.40. The Balaban J connectivity index is 1.64. The third kappa shape index (κ3) is 10.3. The van der Waals surface area contributed by atoms with Crippen molar-refractivity contribution in [3.8, 4) is 5.75 Å². The Morgan fingerprint density at radius 3 is 2.17 bits per heavy atom. The summed E-state index contributed by atoms with van der Waals surface area (Å²) in [5, 5.41) is 24.0. The monoisotopic (exact) mass is 665 g/mol. The molecule has 6 N–H and O–H groups in total. The molecule has 3 aliphatic rings. The Morgan fingerprint density at radius 2 is 1.54 bits per heavy atom. The SMILES string of the molecule is CC(C)[C@H]1NC(=O)[C@H]([C@@H](C)O)NC(=O)[C@@H](C)NC(=O)[C@@H](NC(=O)[C@H]2CCCO2)Cc2ccc(cc2)OC[C@H](Cc2ccccc2)NC1=O. The molecule has 0 aliphatic carbocycles. The lowest BCUT2D eigenvalue weighted by Crippen LogP contribution is -2.61. The lowest BCUT2D eigenvalue weighted by atomic mass is 10.0. The van der Waals surface area contributed by atoms with Crippen molar-refractivity contribution in [1.82, 2.24) is 26.6 Å². The predicted molar refractivity (Wildman–Crippen MR) is 177 cm³/mol. The normalized spacial score (nSPS) is 26.8. The van der Waals surface area contributed by atoms with Crippen LogP contribution in [0.25, 0.3) is 0 Å². The molecule has 0 aromatic heterocycles. The van der Waals surface area contributed by atoms with E-state index in [1.54, 1.807) is 38.1 Å². The van der Waals surface area contributed by atoms with Gasteiger partial charge in [0, 0.05) is 13.0 Å². The summed E-state index contributed by atoms with van der Waals surface area (Å²) in [6, 6.07) is 11.6. The van der Waals surface area contributed by atoms with Gasteiger partial charge >= 0.3 is 0 Å². The molecule has 1 fully saturated rings. The first-order valence-electron chi connectivity index (χ1n) is 16.5. The minimum Gasteiger partial charge on any atom is -0.491 e. The van der Waals surface area contributed by atoms with E-state index in [1.165, 1.54) is 13.8 Å². The van der Waals surface area contributed by atoms with E-state index in [9.17, 15) is 29.1 Å². The molecule has 7 atom stereocenters. The van der Waals surface area contributed by atoms with Gasteiger partial charge in [-0.2, -0.15) is 0 Å². The molecule has 2 aromatic rings. The first kappa shape index (κ1) is 36.3. The summed E-state index contributed by atoms with van der Waals surface area (Å²) in [5.41, 5.74) is 1.70. The van der Waals surface area contributed by atoms with Crippen LogP contribution in [-0.2, 0) is 41.6 Å². The van der Waals surface area contributed by atoms with E-state index in [0.29, 0.717) is 25.2 Å². The standard InChI is InChI=1S/C35H47N5O8/c1-20(2)29-34(45)37-25(17-23-9-6-5-7-10-23)19-48-26-14-12-24(13-15-26)18-27(38-33(44)28-11-8-16-47-28)32(43)36-21(3)31(42)40-30(22(4)41)35(46)39-29/h5-7,9-10,12-15,20-22,25,27-30,41H,8,11,16-19H2,1-4H3,(H,36,43)(H,37,45)(H,38,44)(H,39,46)(H,40,42)/t21-,22-,25+,27+,28-,29-,30+/m1/s1. The van der Waals surface area contributed by atoms with Gasteiger partial charge in [0.05, 0.1) is 12.1 Å². The number of benzene rings is 2. The van der Waals surface area contributed by atoms with Crippen molar-refractivity contribution in [3.63, 3.8) is 0 Å². The van der Waals surface area contributed by atoms with Crippen molar-refractivity contribution < 1.29 is 38.6 Å². The molecule has 2 bridgehead atoms. The number of aliphatic hydroxyl groups is 1. The predicted octanol–water partition coefficient (Wildman–Crippen LogP) is 0.524. The van der Waals surface area contributed by atoms with Gasteiger partial charge in [0.15, 0.2) is 0 Å². The lowest BCUT2D eigenvalue weighted by Gasteiger charge is -2.29. The number of nitrogens with one attached hydrogen (secondary N) is 5. The van der Waals surface area contributed by atoms with Crippen LogP contribution in [0.15, 0.2) is 54.6 Å². The number of carbonyl (C=O) groups excluding carboxylic acids is 5. The smallest absolute Gasteiger partial charge is 0.249 e. The van der Waals surface area contributed by atoms with E-state index < -0.39 is 72.0 Å². The van der Waals surface area contributed by atoms with Gasteiger partial charge in [-0.1, -0.05) is 56.3 Å². The molecular weight excluding hydrogens is 618 g/mol. The zero-order valence-electron chi connectivity index (χ0n) is 27.9. The second-order valence-electron chi connectivity index (χ2n) is 12.8. The molecule has 13 nitrogen and oxygen atoms in total. The van der Waals surface area contributed by atoms with Crippen LogP contribution in [0.5, 0.6) is 5.75 Å². The molecule has 0 saturated carbocycles. The van der Waals surface area contributed by atoms with Gasteiger partial charge in [-0.25, -0.2) is 0 Å². The topological polar surface area (TPSA) is 184 Å². The zero-order chi connectivity index (χ0) is 34.8. The van der Waals surface area contributed by atoms with E-state index in [-0.39, 0.29) is 18.9 Å². The van der Waals surface area contributed by atoms with Crippen molar-refractivity contribution >= 4 is 29.5 Å². The summed E-state index contributed by atoms with van der Waals surface area (Å²) in [6.45, 7) is 6.89. The molecule has 0 spiro atoms. The van der Waals surface area contributed by atoms with Crippen LogP contribution in [0.3, 0.4) is 0 Å². The molecule has 0 radical (unpaired) electrons. The molecular formula is C35H47N5O8. The second kappa shape index (κ2) is 17.1. The van der Waals surface area contributed by atoms with Gasteiger partial charge in [-0.3, -0.25) is 24.0 Å². The summed E-state index contributed by atoms with van der Waals surface area (Å²) in [5.74, 6) is -2.80. The minimum absolute atomic E-state index is 0.112. The Labute approximate surface area is 280 Å². The number of amides is 5. The van der Waals surface area contributed by atoms with Gasteiger partial charge in [0.2, 0.25) is 29.5 Å². The Hall–Kier alpha value is -4.49. The average molecular weight is 666 g/mol. The minimum atomic E-state index is -1.42. The average Bonchev–Trinajstić information content (AvgIpc) is 3.60. The fraction of sp³-hybridized carbons (Fsp3) is 0.514. The number of fused-ring (bicyclic) bond motifs is 17. The Morgan fingerprint density at radius 1 is 0.875 bits per heavy atom. The van der Waals surface area contributed by atoms with E-state index in [0.717, 1.165) is 17.5 Å². The van der Waals surface area contributed by atoms with Crippen molar-refractivity contribution in [2.75, 3.05) is 13.2 Å². The number of carbonyl (C=O) groups is 5. The zero-order valence-corrected chi connectivity index (χ0v) is 27.9. The fourth-order valence-corrected chi connectivity index (χ4v) is 5.59. The van der Waals surface area contributed by atoms with E-state index in [1.807, 2.05) is 30.3 Å². The second-order valence-corrected chi connectivity index (χ2v) is 12.8. The highest BCUT2D eigenvalue weighted by atomic mass is 16.5. The van der Waals surface area contributed by atoms with Crippen LogP contribution in [0.1, 0.15) is 51.7 Å². The molecule has 3 aliphatic heterocycles. The maximum absolute atomic E-state index is 13.6. The number of rotatable bonds is 6. The maximum Gasteiger partial charge on any atom is 0.249 e. The van der Waals surface area contributed by atoms with Crippen LogP contribution < -0.4 is 31.3 Å². The summed E-state index contributed by atoms with van der Waals surface area (Å²) in [6.07, 6.45) is -0.155. The molecule has 3 heterocycles. The number of ether oxygens (including phenoxy) is 2. The Bertz CT molecular complexity index is 1410. The summed E-state index contributed by atoms with van der Waals surface area (Å²) < 4.78 is 11.6. The molecule has 5 amide bonds. The number of aliphatic hydroxyl groups excluding tert-OH is 1. The van der Waals surface area contributed by atoms with Crippen LogP contribution in [0.2, 0.25) is 0 Å². The summed E-state index contributed by atoms with van der Waals surface area (Å²) >= 11 is 0. The van der Waals surface area contributed by atoms with E-state index in [4.69, 9.17) is 9.47 Å². The molecule has 0 unspecified atom stereocenters. The fourth-order valence-electron chi connectivity index (χ4n) is 5.59. The van der Waals surface area contributed by atoms with Gasteiger partial charge in [-0.15, -0.1) is 0 Å². The first-order chi connectivity index (χ1) is 22.9. The van der Waals surface area contributed by atoms with Crippen LogP contribution >= 0.6 is 0 Å². The Kier molecular flexibility index (Phi) is 12.9. The largest absolute Gasteiger partial charge is 0.491 e. The third-order valence-corrected chi connectivity index (χ3v) is 8.40. The highest BCUT2D eigenvalue weighted by molar-refractivity contribution is 5.96. The highest BCUT2D eigenvalue weighted by Crippen LogP contribution is 2.17. The van der Waals surface area contributed by atoms with Crippen molar-refractivity contribution in [1.29, 1.82) is 0 Å². The number of hydrogen-bond donors (Lipinski definition) is 6. The van der Waals surface area contributed by atoms with Crippen molar-refractivity contribution in [2.24, 2.45) is 5.92 Å². The lowest BCUT2D eigenvalue weighted by molar-refractivity contribution is -0.137. The van der Waals surface area contributed by atoms with E-state index in [2.05, 4.69) is 26.6 Å². The van der Waals surface area contributed by atoms with Crippen molar-refractivity contribution in [3.05, 3.63) is 65.7 Å². The van der Waals surface area contributed by atoms with E-state index >= 15 is 0 Å². The quantitative estimate of drug-likeness (QED) is 0.241. The number of hydrogen-bond acceptors (Lipinski definition) is 8. The maximum atomic E-state index is 13.6. The summed E-state index contributed by atoms with van der Waals surface area (Å²) in [7, 11) is 0. The van der Waals surface area contributed by atoms with Gasteiger partial charge in [0.1, 0.15) is 42.6 Å².